The minimum Gasteiger partial charge on any atom is -0.507 e. The molecule has 8 aromatic carbocycles. The minimum absolute atomic E-state index is 0.00718. The van der Waals surface area contributed by atoms with Gasteiger partial charge in [-0.15, -0.1) is 0 Å². The Kier molecular flexibility index (Phi) is 8.91. The highest BCUT2D eigenvalue weighted by atomic mass is 16.4. The molecule has 22 nitrogen and oxygen atoms in total. The van der Waals surface area contributed by atoms with Crippen molar-refractivity contribution < 1.29 is 112 Å². The van der Waals surface area contributed by atoms with E-state index in [2.05, 4.69) is 0 Å². The van der Waals surface area contributed by atoms with E-state index in [0.29, 0.717) is 0 Å². The fourth-order valence-corrected chi connectivity index (χ4v) is 8.92. The maximum absolute atomic E-state index is 12.1. The van der Waals surface area contributed by atoms with Gasteiger partial charge < -0.3 is 112 Å². The molecule has 0 heterocycles. The third-order valence-electron chi connectivity index (χ3n) is 12.2. The lowest BCUT2D eigenvalue weighted by atomic mass is 9.68. The second-order valence-corrected chi connectivity index (χ2v) is 15.4. The van der Waals surface area contributed by atoms with Gasteiger partial charge >= 0.3 is 0 Å². The van der Waals surface area contributed by atoms with Gasteiger partial charge in [0, 0.05) is 38.2 Å². The average molecular weight is 906 g/mol. The summed E-state index contributed by atoms with van der Waals surface area (Å²) in [4.78, 5) is 0. The normalized spacial score (nSPS) is 11.7. The second-order valence-electron chi connectivity index (χ2n) is 15.4. The van der Waals surface area contributed by atoms with Crippen LogP contribution in [-0.4, -0.2) is 144 Å². The van der Waals surface area contributed by atoms with E-state index in [1.807, 2.05) is 0 Å². The third-order valence-corrected chi connectivity index (χ3v) is 12.2. The van der Waals surface area contributed by atoms with Gasteiger partial charge in [-0.25, -0.2) is 0 Å². The molecule has 0 unspecified atom stereocenters. The molecule has 66 heavy (non-hydrogen) atoms. The molecule has 0 bridgehead atoms. The van der Waals surface area contributed by atoms with Gasteiger partial charge in [0.15, 0.2) is 74.7 Å². The fourth-order valence-electron chi connectivity index (χ4n) is 8.92. The largest absolute Gasteiger partial charge is 0.507 e. The first-order valence-electron chi connectivity index (χ1n) is 18.7. The van der Waals surface area contributed by atoms with Crippen LogP contribution in [-0.2, 0) is 0 Å². The van der Waals surface area contributed by atoms with Crippen LogP contribution in [0.5, 0.6) is 126 Å². The standard InChI is InChI=1S/C40H30B4O22/c41-15-5-11(20(46)7(17(43)16(5)42)13-21(47)8-14(29(55)28(13)54)33(59)36(62)34(60)18(8)44)27(53)26(52)6(15)12-22(48)9(30(56)35(61)32(12)58)3-1-2(24(50)38(64)37(63)23(1)49)4-10(19(3)45)31(57)40(66)39(65)25(4)51/h45-66H,41-44H2. The quantitative estimate of drug-likeness (QED) is 0.0389. The number of aromatic hydroxyl groups is 22. The molecule has 8 rings (SSSR count). The van der Waals surface area contributed by atoms with Crippen molar-refractivity contribution in [1.29, 1.82) is 0 Å². The van der Waals surface area contributed by atoms with Gasteiger partial charge in [-0.1, -0.05) is 16.4 Å². The van der Waals surface area contributed by atoms with Crippen LogP contribution in [0, 0.1) is 0 Å². The molecule has 0 aliphatic carbocycles. The predicted octanol–water partition coefficient (Wildman–Crippen LogP) is -2.14. The number of phenols is 22. The van der Waals surface area contributed by atoms with Gasteiger partial charge in [-0.3, -0.25) is 0 Å². The third kappa shape index (κ3) is 4.93. The molecule has 8 aromatic rings. The molecule has 0 saturated carbocycles. The van der Waals surface area contributed by atoms with Gasteiger partial charge in [0.2, 0.25) is 28.7 Å². The van der Waals surface area contributed by atoms with Crippen molar-refractivity contribution in [1.82, 2.24) is 0 Å². The molecule has 0 saturated heterocycles. The Hall–Kier alpha value is -9.34. The highest BCUT2D eigenvalue weighted by Crippen LogP contribution is 2.66. The predicted molar refractivity (Wildman–Crippen MR) is 242 cm³/mol. The van der Waals surface area contributed by atoms with Crippen molar-refractivity contribution >= 4 is 96.3 Å². The first kappa shape index (κ1) is 43.3. The first-order chi connectivity index (χ1) is 30.7. The summed E-state index contributed by atoms with van der Waals surface area (Å²) in [6.07, 6.45) is 0. The van der Waals surface area contributed by atoms with Gasteiger partial charge in [0.25, 0.3) is 0 Å². The summed E-state index contributed by atoms with van der Waals surface area (Å²) in [5, 5.41) is 238. The summed E-state index contributed by atoms with van der Waals surface area (Å²) in [6, 6.07) is 0. The van der Waals surface area contributed by atoms with E-state index in [9.17, 15) is 112 Å². The van der Waals surface area contributed by atoms with Crippen LogP contribution >= 0.6 is 0 Å². The van der Waals surface area contributed by atoms with Gasteiger partial charge in [0.1, 0.15) is 54.4 Å². The Morgan fingerprint density at radius 3 is 0.909 bits per heavy atom. The molecule has 0 amide bonds. The summed E-state index contributed by atoms with van der Waals surface area (Å²) in [7, 11) is 4.98. The topological polar surface area (TPSA) is 445 Å². The molecule has 0 aliphatic rings. The van der Waals surface area contributed by atoms with E-state index in [0.717, 1.165) is 7.85 Å². The maximum atomic E-state index is 12.1. The highest BCUT2D eigenvalue weighted by Gasteiger charge is 2.38. The summed E-state index contributed by atoms with van der Waals surface area (Å²) < 4.78 is 0. The van der Waals surface area contributed by atoms with Gasteiger partial charge in [0.05, 0.1) is 32.8 Å². The molecule has 0 aliphatic heterocycles. The number of hydrogen-bond acceptors (Lipinski definition) is 22. The van der Waals surface area contributed by atoms with Crippen LogP contribution in [0.4, 0.5) is 0 Å². The van der Waals surface area contributed by atoms with Crippen LogP contribution < -0.4 is 21.9 Å². The number of rotatable bonds is 3. The van der Waals surface area contributed by atoms with E-state index in [1.165, 1.54) is 23.5 Å². The number of hydrogen-bond donors (Lipinski definition) is 22. The van der Waals surface area contributed by atoms with Crippen molar-refractivity contribution in [2.75, 3.05) is 0 Å². The molecule has 0 spiro atoms. The van der Waals surface area contributed by atoms with Crippen LogP contribution in [0.2, 0.25) is 0 Å². The van der Waals surface area contributed by atoms with Crippen molar-refractivity contribution in [3.63, 3.8) is 0 Å². The van der Waals surface area contributed by atoms with E-state index < -0.39 is 198 Å². The van der Waals surface area contributed by atoms with Crippen LogP contribution in [0.1, 0.15) is 0 Å². The Morgan fingerprint density at radius 1 is 0.136 bits per heavy atom. The molecular weight excluding hydrogens is 876 g/mol. The number of benzene rings is 8. The summed E-state index contributed by atoms with van der Waals surface area (Å²) in [6.45, 7) is 0. The lowest BCUT2D eigenvalue weighted by Gasteiger charge is -2.25. The SMILES string of the molecule is Bc1c(-c2c(O)c(O)c3c(O)c(O)c(O)c(B)c3c2O)c(O)c2c(O)c(O)c(-c3c(O)c(O)c(O)c(-c4c(O)c5c(O)c(O)c(O)c(O)c5c5c(O)c(O)c(O)c(O)c45)c3O)c(B)c2c1B. The zero-order chi connectivity index (χ0) is 49.1. The second kappa shape index (κ2) is 13.6. The van der Waals surface area contributed by atoms with Crippen molar-refractivity contribution in [3.05, 3.63) is 0 Å². The fraction of sp³-hybridized carbons (Fsp3) is 0. The zero-order valence-corrected chi connectivity index (χ0v) is 33.8. The van der Waals surface area contributed by atoms with Crippen molar-refractivity contribution in [2.24, 2.45) is 0 Å². The van der Waals surface area contributed by atoms with Crippen LogP contribution in [0.3, 0.4) is 0 Å². The highest BCUT2D eigenvalue weighted by molar-refractivity contribution is 6.60. The zero-order valence-electron chi connectivity index (χ0n) is 33.8. The Labute approximate surface area is 367 Å². The van der Waals surface area contributed by atoms with Crippen molar-refractivity contribution in [2.45, 2.75) is 0 Å². The molecular formula is C40H30B4O22. The minimum atomic E-state index is -1.59. The molecule has 0 radical (unpaired) electrons. The van der Waals surface area contributed by atoms with Crippen LogP contribution in [0.25, 0.3) is 76.5 Å². The van der Waals surface area contributed by atoms with Crippen molar-refractivity contribution in [3.8, 4) is 160 Å². The lowest BCUT2D eigenvalue weighted by Crippen LogP contribution is -2.32. The van der Waals surface area contributed by atoms with Gasteiger partial charge in [-0.05, 0) is 10.8 Å². The maximum Gasteiger partial charge on any atom is 0.205 e. The average Bonchev–Trinajstić information content (AvgIpc) is 3.27. The van der Waals surface area contributed by atoms with Crippen LogP contribution in [0.15, 0.2) is 0 Å². The summed E-state index contributed by atoms with van der Waals surface area (Å²) in [5.41, 5.74) is -6.45. The molecule has 0 atom stereocenters. The summed E-state index contributed by atoms with van der Waals surface area (Å²) in [5.74, 6) is -29.7. The Balaban J connectivity index is 1.53. The van der Waals surface area contributed by atoms with E-state index >= 15 is 0 Å². The molecule has 334 valence electrons. The number of phenolic OH excluding ortho intramolecular Hbond substituents is 22. The van der Waals surface area contributed by atoms with E-state index in [4.69, 9.17) is 0 Å². The molecule has 0 aromatic heterocycles. The molecule has 0 fully saturated rings. The summed E-state index contributed by atoms with van der Waals surface area (Å²) >= 11 is 0. The first-order valence-corrected chi connectivity index (χ1v) is 18.7. The van der Waals surface area contributed by atoms with Gasteiger partial charge in [-0.2, -0.15) is 0 Å². The number of fused-ring (bicyclic) bond motifs is 5. The van der Waals surface area contributed by atoms with E-state index in [-0.39, 0.29) is 27.2 Å². The monoisotopic (exact) mass is 906 g/mol. The Morgan fingerprint density at radius 2 is 0.409 bits per heavy atom. The lowest BCUT2D eigenvalue weighted by molar-refractivity contribution is 0.348. The molecule has 26 heteroatoms. The van der Waals surface area contributed by atoms with E-state index in [1.54, 1.807) is 0 Å². The Bertz CT molecular complexity index is 3670. The molecule has 22 N–H and O–H groups in total. The smallest absolute Gasteiger partial charge is 0.205 e.